The summed E-state index contributed by atoms with van der Waals surface area (Å²) in [6.45, 7) is 8.40. The Morgan fingerprint density at radius 3 is 2.74 bits per heavy atom. The second kappa shape index (κ2) is 6.09. The molecule has 1 aromatic carbocycles. The van der Waals surface area contributed by atoms with E-state index in [1.165, 1.54) is 0 Å². The first kappa shape index (κ1) is 13.2. The zero-order valence-corrected chi connectivity index (χ0v) is 11.3. The Labute approximate surface area is 113 Å². The Morgan fingerprint density at radius 2 is 2.11 bits per heavy atom. The molecule has 0 unspecified atom stereocenters. The van der Waals surface area contributed by atoms with Crippen molar-refractivity contribution in [3.63, 3.8) is 0 Å². The van der Waals surface area contributed by atoms with Crippen LogP contribution in [0, 0.1) is 0 Å². The Kier molecular flexibility index (Phi) is 4.23. The lowest BCUT2D eigenvalue weighted by atomic mass is 10.3. The van der Waals surface area contributed by atoms with Crippen LogP contribution in [0.5, 0.6) is 5.75 Å². The first-order valence-corrected chi connectivity index (χ1v) is 6.36. The van der Waals surface area contributed by atoms with Crippen LogP contribution in [0.15, 0.2) is 49.3 Å². The van der Waals surface area contributed by atoms with E-state index >= 15 is 0 Å². The van der Waals surface area contributed by atoms with Crippen LogP contribution < -0.4 is 10.1 Å². The number of aromatic nitrogens is 2. The SMILES string of the molecule is C=CCNc1nccn1-c1ccc(OC(C)C)cc1. The first-order chi connectivity index (χ1) is 9.20. The summed E-state index contributed by atoms with van der Waals surface area (Å²) in [4.78, 5) is 4.27. The summed E-state index contributed by atoms with van der Waals surface area (Å²) in [7, 11) is 0. The Hall–Kier alpha value is -2.23. The van der Waals surface area contributed by atoms with Crippen LogP contribution >= 0.6 is 0 Å². The van der Waals surface area contributed by atoms with Gasteiger partial charge in [-0.3, -0.25) is 4.57 Å². The highest BCUT2D eigenvalue weighted by Crippen LogP contribution is 2.19. The highest BCUT2D eigenvalue weighted by molar-refractivity contribution is 5.44. The van der Waals surface area contributed by atoms with Crippen molar-refractivity contribution in [2.75, 3.05) is 11.9 Å². The molecule has 0 radical (unpaired) electrons. The van der Waals surface area contributed by atoms with Crippen LogP contribution in [0.3, 0.4) is 0 Å². The minimum Gasteiger partial charge on any atom is -0.491 e. The molecule has 0 aliphatic heterocycles. The zero-order valence-electron chi connectivity index (χ0n) is 11.3. The maximum atomic E-state index is 5.63. The Morgan fingerprint density at radius 1 is 1.37 bits per heavy atom. The summed E-state index contributed by atoms with van der Waals surface area (Å²) < 4.78 is 7.62. The van der Waals surface area contributed by atoms with Gasteiger partial charge in [0.1, 0.15) is 5.75 Å². The zero-order chi connectivity index (χ0) is 13.7. The standard InChI is InChI=1S/C15H19N3O/c1-4-9-16-15-17-10-11-18(15)13-5-7-14(8-6-13)19-12(2)3/h4-8,10-12H,1,9H2,2-3H3,(H,16,17). The predicted octanol–water partition coefficient (Wildman–Crippen LogP) is 3.26. The Bertz CT molecular complexity index is 529. The molecule has 0 spiro atoms. The molecular weight excluding hydrogens is 238 g/mol. The molecule has 2 rings (SSSR count). The third-order valence-corrected chi connectivity index (χ3v) is 2.53. The number of hydrogen-bond donors (Lipinski definition) is 1. The van der Waals surface area contributed by atoms with E-state index in [2.05, 4.69) is 16.9 Å². The molecule has 0 aliphatic carbocycles. The molecule has 1 heterocycles. The molecule has 4 nitrogen and oxygen atoms in total. The van der Waals surface area contributed by atoms with E-state index in [1.807, 2.05) is 48.9 Å². The number of benzene rings is 1. The molecule has 0 saturated heterocycles. The molecule has 0 fully saturated rings. The van der Waals surface area contributed by atoms with Crippen LogP contribution in [0.2, 0.25) is 0 Å². The number of nitrogens with one attached hydrogen (secondary N) is 1. The van der Waals surface area contributed by atoms with Crippen LogP contribution in [0.1, 0.15) is 13.8 Å². The van der Waals surface area contributed by atoms with Gasteiger partial charge in [0.2, 0.25) is 5.95 Å². The predicted molar refractivity (Wildman–Crippen MR) is 78.0 cm³/mol. The van der Waals surface area contributed by atoms with E-state index in [-0.39, 0.29) is 6.10 Å². The molecule has 0 bridgehead atoms. The van der Waals surface area contributed by atoms with Crippen molar-refractivity contribution >= 4 is 5.95 Å². The lowest BCUT2D eigenvalue weighted by molar-refractivity contribution is 0.242. The lowest BCUT2D eigenvalue weighted by Crippen LogP contribution is -2.07. The van der Waals surface area contributed by atoms with Gasteiger partial charge >= 0.3 is 0 Å². The smallest absolute Gasteiger partial charge is 0.207 e. The summed E-state index contributed by atoms with van der Waals surface area (Å²) in [6, 6.07) is 7.95. The maximum Gasteiger partial charge on any atom is 0.207 e. The average Bonchev–Trinajstić information content (AvgIpc) is 2.85. The number of anilines is 1. The summed E-state index contributed by atoms with van der Waals surface area (Å²) >= 11 is 0. The molecule has 19 heavy (non-hydrogen) atoms. The van der Waals surface area contributed by atoms with Crippen molar-refractivity contribution in [3.8, 4) is 11.4 Å². The number of rotatable bonds is 6. The molecule has 0 aliphatic rings. The highest BCUT2D eigenvalue weighted by Gasteiger charge is 2.04. The summed E-state index contributed by atoms with van der Waals surface area (Å²) in [5, 5.41) is 3.19. The van der Waals surface area contributed by atoms with E-state index in [4.69, 9.17) is 4.74 Å². The molecule has 4 heteroatoms. The van der Waals surface area contributed by atoms with Crippen molar-refractivity contribution in [1.82, 2.24) is 9.55 Å². The number of hydrogen-bond acceptors (Lipinski definition) is 3. The number of nitrogens with zero attached hydrogens (tertiary/aromatic N) is 2. The van der Waals surface area contributed by atoms with E-state index in [0.29, 0.717) is 6.54 Å². The fourth-order valence-corrected chi connectivity index (χ4v) is 1.76. The van der Waals surface area contributed by atoms with E-state index in [9.17, 15) is 0 Å². The van der Waals surface area contributed by atoms with Crippen LogP contribution in [-0.4, -0.2) is 22.2 Å². The number of imidazole rings is 1. The van der Waals surface area contributed by atoms with Gasteiger partial charge in [-0.2, -0.15) is 0 Å². The van der Waals surface area contributed by atoms with Crippen molar-refractivity contribution in [3.05, 3.63) is 49.3 Å². The van der Waals surface area contributed by atoms with Crippen LogP contribution in [-0.2, 0) is 0 Å². The molecule has 0 saturated carbocycles. The third-order valence-electron chi connectivity index (χ3n) is 2.53. The number of ether oxygens (including phenoxy) is 1. The van der Waals surface area contributed by atoms with Gasteiger partial charge in [0.05, 0.1) is 6.10 Å². The molecule has 0 amide bonds. The maximum absolute atomic E-state index is 5.63. The van der Waals surface area contributed by atoms with Crippen molar-refractivity contribution in [2.24, 2.45) is 0 Å². The van der Waals surface area contributed by atoms with Gasteiger partial charge in [0.15, 0.2) is 0 Å². The van der Waals surface area contributed by atoms with Crippen molar-refractivity contribution in [2.45, 2.75) is 20.0 Å². The first-order valence-electron chi connectivity index (χ1n) is 6.36. The van der Waals surface area contributed by atoms with E-state index < -0.39 is 0 Å². The molecule has 0 atom stereocenters. The summed E-state index contributed by atoms with van der Waals surface area (Å²) in [5.41, 5.74) is 1.04. The molecule has 100 valence electrons. The summed E-state index contributed by atoms with van der Waals surface area (Å²) in [5.74, 6) is 1.68. The third kappa shape index (κ3) is 3.37. The van der Waals surface area contributed by atoms with Gasteiger partial charge < -0.3 is 10.1 Å². The van der Waals surface area contributed by atoms with E-state index in [1.54, 1.807) is 12.3 Å². The van der Waals surface area contributed by atoms with Gasteiger partial charge in [0, 0.05) is 24.6 Å². The minimum absolute atomic E-state index is 0.184. The summed E-state index contributed by atoms with van der Waals surface area (Å²) in [6.07, 6.45) is 5.68. The van der Waals surface area contributed by atoms with Crippen molar-refractivity contribution < 1.29 is 4.74 Å². The van der Waals surface area contributed by atoms with Gasteiger partial charge in [-0.15, -0.1) is 6.58 Å². The molecule has 1 N–H and O–H groups in total. The fraction of sp³-hybridized carbons (Fsp3) is 0.267. The Balaban J connectivity index is 2.17. The van der Waals surface area contributed by atoms with Gasteiger partial charge in [0.25, 0.3) is 0 Å². The quantitative estimate of drug-likeness (QED) is 0.807. The average molecular weight is 257 g/mol. The highest BCUT2D eigenvalue weighted by atomic mass is 16.5. The second-order valence-corrected chi connectivity index (χ2v) is 4.45. The van der Waals surface area contributed by atoms with Crippen LogP contribution in [0.4, 0.5) is 5.95 Å². The van der Waals surface area contributed by atoms with E-state index in [0.717, 1.165) is 17.4 Å². The normalized spacial score (nSPS) is 10.5. The van der Waals surface area contributed by atoms with Gasteiger partial charge in [-0.05, 0) is 38.1 Å². The topological polar surface area (TPSA) is 39.1 Å². The van der Waals surface area contributed by atoms with Crippen LogP contribution in [0.25, 0.3) is 5.69 Å². The monoisotopic (exact) mass is 257 g/mol. The minimum atomic E-state index is 0.184. The largest absolute Gasteiger partial charge is 0.491 e. The van der Waals surface area contributed by atoms with Gasteiger partial charge in [-0.1, -0.05) is 6.08 Å². The lowest BCUT2D eigenvalue weighted by Gasteiger charge is -2.12. The molecule has 2 aromatic rings. The molecular formula is C15H19N3O. The fourth-order valence-electron chi connectivity index (χ4n) is 1.76. The second-order valence-electron chi connectivity index (χ2n) is 4.45. The van der Waals surface area contributed by atoms with Crippen molar-refractivity contribution in [1.29, 1.82) is 0 Å². The molecule has 1 aromatic heterocycles. The van der Waals surface area contributed by atoms with Gasteiger partial charge in [-0.25, -0.2) is 4.98 Å².